The molecule has 2 aliphatic heterocycles. The third-order valence-corrected chi connectivity index (χ3v) is 5.55. The average Bonchev–Trinajstić information content (AvgIpc) is 3.03. The van der Waals surface area contributed by atoms with Crippen molar-refractivity contribution in [2.75, 3.05) is 30.4 Å². The highest BCUT2D eigenvalue weighted by molar-refractivity contribution is 7.90. The smallest absolute Gasteiger partial charge is 0.273 e. The minimum Gasteiger partial charge on any atom is -0.386 e. The first-order valence-corrected chi connectivity index (χ1v) is 10.7. The summed E-state index contributed by atoms with van der Waals surface area (Å²) in [4.78, 5) is 35.8. The Morgan fingerprint density at radius 2 is 2.22 bits per heavy atom. The molecule has 1 N–H and O–H groups in total. The number of pyridine rings is 1. The number of anilines is 1. The van der Waals surface area contributed by atoms with Gasteiger partial charge in [0.05, 0.1) is 24.2 Å². The summed E-state index contributed by atoms with van der Waals surface area (Å²) >= 11 is 0. The van der Waals surface area contributed by atoms with Crippen LogP contribution in [-0.4, -0.2) is 66.5 Å². The number of sulfone groups is 1. The van der Waals surface area contributed by atoms with E-state index < -0.39 is 15.4 Å². The van der Waals surface area contributed by atoms with E-state index in [1.54, 1.807) is 23.2 Å². The van der Waals surface area contributed by atoms with Crippen LogP contribution in [0.4, 0.5) is 5.69 Å². The Morgan fingerprint density at radius 3 is 2.93 bits per heavy atom. The van der Waals surface area contributed by atoms with E-state index in [1.807, 2.05) is 0 Å². The van der Waals surface area contributed by atoms with Gasteiger partial charge in [-0.05, 0) is 25.0 Å². The molecule has 1 atom stereocenters. The van der Waals surface area contributed by atoms with E-state index in [2.05, 4.69) is 15.5 Å². The molecule has 0 aliphatic carbocycles. The lowest BCUT2D eigenvalue weighted by Crippen LogP contribution is -2.51. The van der Waals surface area contributed by atoms with Gasteiger partial charge in [-0.15, -0.1) is 0 Å². The molecule has 2 aliphatic rings. The van der Waals surface area contributed by atoms with Crippen molar-refractivity contribution in [3.8, 4) is 0 Å². The lowest BCUT2D eigenvalue weighted by Gasteiger charge is -2.38. The second-order valence-electron chi connectivity index (χ2n) is 6.98. The van der Waals surface area contributed by atoms with E-state index in [-0.39, 0.29) is 29.7 Å². The van der Waals surface area contributed by atoms with Crippen molar-refractivity contribution in [3.05, 3.63) is 24.5 Å². The summed E-state index contributed by atoms with van der Waals surface area (Å²) in [5, 5.41) is 6.66. The van der Waals surface area contributed by atoms with Crippen molar-refractivity contribution in [1.82, 2.24) is 9.88 Å². The highest BCUT2D eigenvalue weighted by Gasteiger charge is 2.45. The van der Waals surface area contributed by atoms with Gasteiger partial charge in [0, 0.05) is 31.8 Å². The Hall–Kier alpha value is -2.49. The number of carbonyl (C=O) groups is 2. The molecule has 10 heteroatoms. The molecule has 9 nitrogen and oxygen atoms in total. The fraction of sp³-hybridized carbons (Fsp3) is 0.529. The monoisotopic (exact) mass is 394 g/mol. The van der Waals surface area contributed by atoms with Gasteiger partial charge in [-0.1, -0.05) is 5.16 Å². The van der Waals surface area contributed by atoms with E-state index >= 15 is 0 Å². The number of amides is 2. The van der Waals surface area contributed by atoms with Crippen LogP contribution in [0, 0.1) is 0 Å². The van der Waals surface area contributed by atoms with Gasteiger partial charge in [-0.3, -0.25) is 14.6 Å². The van der Waals surface area contributed by atoms with E-state index in [0.29, 0.717) is 38.0 Å². The molecule has 1 spiro atoms. The van der Waals surface area contributed by atoms with E-state index in [4.69, 9.17) is 4.84 Å². The highest BCUT2D eigenvalue weighted by Crippen LogP contribution is 2.34. The second kappa shape index (κ2) is 7.63. The summed E-state index contributed by atoms with van der Waals surface area (Å²) in [7, 11) is -3.19. The Kier molecular flexibility index (Phi) is 5.45. The van der Waals surface area contributed by atoms with Crippen LogP contribution >= 0.6 is 0 Å². The molecule has 0 saturated carbocycles. The summed E-state index contributed by atoms with van der Waals surface area (Å²) < 4.78 is 22.5. The van der Waals surface area contributed by atoms with E-state index in [1.165, 1.54) is 6.20 Å². The maximum atomic E-state index is 12.4. The van der Waals surface area contributed by atoms with Crippen molar-refractivity contribution in [3.63, 3.8) is 0 Å². The number of carbonyl (C=O) groups excluding carboxylic acids is 2. The number of rotatable bonds is 5. The molecule has 1 fully saturated rings. The standard InChI is InChI=1S/C17H22N4O5S/c1-27(24,25)9-5-15(22)21-8-3-6-17(12-21)10-14(20-26-17)16(23)19-13-4-2-7-18-11-13/h2,4,7,11H,3,5-6,8-10,12H2,1H3,(H,19,23). The molecule has 3 heterocycles. The number of aromatic nitrogens is 1. The van der Waals surface area contributed by atoms with Gasteiger partial charge in [0.25, 0.3) is 5.91 Å². The highest BCUT2D eigenvalue weighted by atomic mass is 32.2. The zero-order chi connectivity index (χ0) is 19.5. The SMILES string of the molecule is CS(=O)(=O)CCC(=O)N1CCCC2(CC(C(=O)Nc3cccnc3)=NO2)C1. The molecule has 27 heavy (non-hydrogen) atoms. The fourth-order valence-corrected chi connectivity index (χ4v) is 3.79. The molecule has 1 unspecified atom stereocenters. The van der Waals surface area contributed by atoms with Gasteiger partial charge in [0.2, 0.25) is 5.91 Å². The fourth-order valence-electron chi connectivity index (χ4n) is 3.24. The van der Waals surface area contributed by atoms with Crippen LogP contribution in [0.15, 0.2) is 29.7 Å². The first-order valence-electron chi connectivity index (χ1n) is 8.68. The Labute approximate surface area is 157 Å². The lowest BCUT2D eigenvalue weighted by molar-refractivity contribution is -0.140. The Morgan fingerprint density at radius 1 is 1.41 bits per heavy atom. The van der Waals surface area contributed by atoms with E-state index in [0.717, 1.165) is 6.26 Å². The molecule has 1 aromatic rings. The zero-order valence-electron chi connectivity index (χ0n) is 15.1. The van der Waals surface area contributed by atoms with Crippen LogP contribution < -0.4 is 5.32 Å². The van der Waals surface area contributed by atoms with Gasteiger partial charge in [0.1, 0.15) is 15.5 Å². The predicted molar refractivity (Wildman–Crippen MR) is 98.9 cm³/mol. The number of nitrogens with one attached hydrogen (secondary N) is 1. The summed E-state index contributed by atoms with van der Waals surface area (Å²) in [5.74, 6) is -0.761. The molecule has 0 bridgehead atoms. The maximum absolute atomic E-state index is 12.4. The third-order valence-electron chi connectivity index (χ3n) is 4.60. The molecule has 3 rings (SSSR count). The molecular weight excluding hydrogens is 372 g/mol. The van der Waals surface area contributed by atoms with Gasteiger partial charge < -0.3 is 15.1 Å². The Bertz CT molecular complexity index is 855. The van der Waals surface area contributed by atoms with Crippen LogP contribution in [0.5, 0.6) is 0 Å². The second-order valence-corrected chi connectivity index (χ2v) is 9.24. The summed E-state index contributed by atoms with van der Waals surface area (Å²) in [6, 6.07) is 3.44. The van der Waals surface area contributed by atoms with Gasteiger partial charge in [-0.2, -0.15) is 0 Å². The van der Waals surface area contributed by atoms with Crippen LogP contribution in [0.2, 0.25) is 0 Å². The topological polar surface area (TPSA) is 118 Å². The quantitative estimate of drug-likeness (QED) is 0.781. The normalized spacial score (nSPS) is 22.3. The molecule has 1 saturated heterocycles. The zero-order valence-corrected chi connectivity index (χ0v) is 15.9. The minimum atomic E-state index is -3.19. The number of likely N-dealkylation sites (tertiary alicyclic amines) is 1. The van der Waals surface area contributed by atoms with Crippen LogP contribution in [0.3, 0.4) is 0 Å². The minimum absolute atomic E-state index is 0.0515. The summed E-state index contributed by atoms with van der Waals surface area (Å²) in [5.41, 5.74) is 0.109. The van der Waals surface area contributed by atoms with Crippen molar-refractivity contribution in [2.24, 2.45) is 5.16 Å². The number of hydrogen-bond acceptors (Lipinski definition) is 7. The third kappa shape index (κ3) is 5.03. The maximum Gasteiger partial charge on any atom is 0.273 e. The molecular formula is C17H22N4O5S. The average molecular weight is 394 g/mol. The molecule has 2 amide bonds. The number of nitrogens with zero attached hydrogens (tertiary/aromatic N) is 3. The summed E-state index contributed by atoms with van der Waals surface area (Å²) in [6.45, 7) is 0.841. The Balaban J connectivity index is 1.58. The predicted octanol–water partition coefficient (Wildman–Crippen LogP) is 0.592. The van der Waals surface area contributed by atoms with Gasteiger partial charge in [-0.25, -0.2) is 8.42 Å². The molecule has 1 aromatic heterocycles. The first-order chi connectivity index (χ1) is 12.8. The van der Waals surface area contributed by atoms with Crippen LogP contribution in [-0.2, 0) is 24.3 Å². The number of hydrogen-bond donors (Lipinski definition) is 1. The van der Waals surface area contributed by atoms with E-state index in [9.17, 15) is 18.0 Å². The van der Waals surface area contributed by atoms with Crippen molar-refractivity contribution in [2.45, 2.75) is 31.3 Å². The first kappa shape index (κ1) is 19.3. The molecule has 0 radical (unpaired) electrons. The molecule has 146 valence electrons. The van der Waals surface area contributed by atoms with Crippen molar-refractivity contribution >= 4 is 33.1 Å². The van der Waals surface area contributed by atoms with Gasteiger partial charge >= 0.3 is 0 Å². The largest absolute Gasteiger partial charge is 0.386 e. The number of piperidine rings is 1. The van der Waals surface area contributed by atoms with Crippen LogP contribution in [0.1, 0.15) is 25.7 Å². The van der Waals surface area contributed by atoms with Crippen molar-refractivity contribution < 1.29 is 22.8 Å². The lowest BCUT2D eigenvalue weighted by atomic mass is 9.88. The van der Waals surface area contributed by atoms with Crippen molar-refractivity contribution in [1.29, 1.82) is 0 Å². The van der Waals surface area contributed by atoms with Crippen LogP contribution in [0.25, 0.3) is 0 Å². The number of oxime groups is 1. The summed E-state index contributed by atoms with van der Waals surface area (Å²) in [6.07, 6.45) is 5.89. The molecule has 0 aromatic carbocycles. The van der Waals surface area contributed by atoms with Gasteiger partial charge in [0.15, 0.2) is 5.60 Å².